The van der Waals surface area contributed by atoms with Gasteiger partial charge < -0.3 is 10.3 Å². The Morgan fingerprint density at radius 2 is 1.91 bits per heavy atom. The summed E-state index contributed by atoms with van der Waals surface area (Å²) >= 11 is 0. The van der Waals surface area contributed by atoms with E-state index >= 15 is 0 Å². The average molecular weight is 293 g/mol. The van der Waals surface area contributed by atoms with Crippen molar-refractivity contribution in [2.45, 2.75) is 40.2 Å². The Morgan fingerprint density at radius 3 is 2.59 bits per heavy atom. The second-order valence-corrected chi connectivity index (χ2v) is 5.84. The topological polar surface area (TPSA) is 43.8 Å². The number of fused-ring (bicyclic) bond motifs is 1. The van der Waals surface area contributed by atoms with Crippen molar-refractivity contribution in [3.05, 3.63) is 47.5 Å². The summed E-state index contributed by atoms with van der Waals surface area (Å²) in [6, 6.07) is 12.8. The monoisotopic (exact) mass is 293 g/mol. The van der Waals surface area contributed by atoms with Gasteiger partial charge in [-0.05, 0) is 49.1 Å². The first kappa shape index (κ1) is 14.6. The molecule has 114 valence electrons. The number of aromatic nitrogens is 2. The molecule has 0 aliphatic rings. The maximum absolute atomic E-state index is 6.08. The zero-order valence-electron chi connectivity index (χ0n) is 13.6. The first-order valence-electron chi connectivity index (χ1n) is 7.99. The van der Waals surface area contributed by atoms with Crippen LogP contribution >= 0.6 is 0 Å². The van der Waals surface area contributed by atoms with Gasteiger partial charge in [0, 0.05) is 17.8 Å². The van der Waals surface area contributed by atoms with Crippen LogP contribution in [-0.2, 0) is 13.0 Å². The molecule has 0 spiro atoms. The molecule has 22 heavy (non-hydrogen) atoms. The highest BCUT2D eigenvalue weighted by Gasteiger charge is 2.13. The fourth-order valence-electron chi connectivity index (χ4n) is 2.85. The predicted octanol–water partition coefficient (Wildman–Crippen LogP) is 4.57. The lowest BCUT2D eigenvalue weighted by Crippen LogP contribution is -2.00. The molecule has 0 amide bonds. The highest BCUT2D eigenvalue weighted by Crippen LogP contribution is 2.28. The molecule has 3 aromatic rings. The summed E-state index contributed by atoms with van der Waals surface area (Å²) in [5.41, 5.74) is 12.7. The van der Waals surface area contributed by atoms with Gasteiger partial charge in [-0.3, -0.25) is 0 Å². The van der Waals surface area contributed by atoms with Crippen LogP contribution in [0.25, 0.3) is 22.4 Å². The Kier molecular flexibility index (Phi) is 3.88. The molecule has 3 rings (SSSR count). The molecule has 0 saturated heterocycles. The van der Waals surface area contributed by atoms with E-state index in [2.05, 4.69) is 48.7 Å². The van der Waals surface area contributed by atoms with Gasteiger partial charge in [-0.1, -0.05) is 32.0 Å². The highest BCUT2D eigenvalue weighted by atomic mass is 15.1. The van der Waals surface area contributed by atoms with E-state index in [-0.39, 0.29) is 0 Å². The van der Waals surface area contributed by atoms with Crippen LogP contribution in [0.5, 0.6) is 0 Å². The number of anilines is 1. The first-order valence-corrected chi connectivity index (χ1v) is 7.99. The third kappa shape index (κ3) is 2.47. The van der Waals surface area contributed by atoms with E-state index in [1.807, 2.05) is 13.0 Å². The summed E-state index contributed by atoms with van der Waals surface area (Å²) in [6.07, 6.45) is 2.11. The molecule has 0 atom stereocenters. The van der Waals surface area contributed by atoms with Crippen LogP contribution in [0.2, 0.25) is 0 Å². The SMILES string of the molecule is CCCn1c(-c2ccc(C)c(N)c2)nc2cc(CC)ccc21. The summed E-state index contributed by atoms with van der Waals surface area (Å²) in [4.78, 5) is 4.89. The number of imidazole rings is 1. The Bertz CT molecular complexity index is 815. The Balaban J connectivity index is 2.22. The second kappa shape index (κ2) is 5.84. The smallest absolute Gasteiger partial charge is 0.141 e. The fourth-order valence-corrected chi connectivity index (χ4v) is 2.85. The summed E-state index contributed by atoms with van der Waals surface area (Å²) in [7, 11) is 0. The molecule has 0 radical (unpaired) electrons. The van der Waals surface area contributed by atoms with E-state index in [0.29, 0.717) is 0 Å². The number of hydrogen-bond donors (Lipinski definition) is 1. The van der Waals surface area contributed by atoms with Crippen LogP contribution in [0.1, 0.15) is 31.4 Å². The largest absolute Gasteiger partial charge is 0.398 e. The third-order valence-corrected chi connectivity index (χ3v) is 4.21. The molecule has 0 unspecified atom stereocenters. The van der Waals surface area contributed by atoms with Gasteiger partial charge in [0.05, 0.1) is 11.0 Å². The lowest BCUT2D eigenvalue weighted by Gasteiger charge is -2.09. The normalized spacial score (nSPS) is 11.2. The summed E-state index contributed by atoms with van der Waals surface area (Å²) < 4.78 is 2.30. The molecule has 3 heteroatoms. The van der Waals surface area contributed by atoms with Gasteiger partial charge in [-0.25, -0.2) is 4.98 Å². The van der Waals surface area contributed by atoms with Crippen LogP contribution in [0, 0.1) is 6.92 Å². The summed E-state index contributed by atoms with van der Waals surface area (Å²) in [6.45, 7) is 7.36. The fraction of sp³-hybridized carbons (Fsp3) is 0.316. The van der Waals surface area contributed by atoms with Gasteiger partial charge in [0.25, 0.3) is 0 Å². The molecule has 0 aliphatic carbocycles. The maximum Gasteiger partial charge on any atom is 0.141 e. The molecule has 0 bridgehead atoms. The second-order valence-electron chi connectivity index (χ2n) is 5.84. The molecule has 2 aromatic carbocycles. The van der Waals surface area contributed by atoms with Gasteiger partial charge >= 0.3 is 0 Å². The lowest BCUT2D eigenvalue weighted by molar-refractivity contribution is 0.704. The number of nitrogens with two attached hydrogens (primary N) is 1. The standard InChI is InChI=1S/C19H23N3/c1-4-10-22-18-9-7-14(5-2)11-17(18)21-19(22)15-8-6-13(3)16(20)12-15/h6-9,11-12H,4-5,10,20H2,1-3H3. The zero-order chi connectivity index (χ0) is 15.7. The molecule has 0 aliphatic heterocycles. The number of rotatable bonds is 4. The van der Waals surface area contributed by atoms with Gasteiger partial charge in [0.2, 0.25) is 0 Å². The van der Waals surface area contributed by atoms with Crippen molar-refractivity contribution in [2.24, 2.45) is 0 Å². The van der Waals surface area contributed by atoms with Crippen LogP contribution in [0.15, 0.2) is 36.4 Å². The number of nitrogens with zero attached hydrogens (tertiary/aromatic N) is 2. The minimum Gasteiger partial charge on any atom is -0.398 e. The minimum absolute atomic E-state index is 0.821. The molecular formula is C19H23N3. The van der Waals surface area contributed by atoms with Crippen molar-refractivity contribution < 1.29 is 0 Å². The van der Waals surface area contributed by atoms with Gasteiger partial charge in [-0.2, -0.15) is 0 Å². The third-order valence-electron chi connectivity index (χ3n) is 4.21. The molecular weight excluding hydrogens is 270 g/mol. The van der Waals surface area contributed by atoms with Crippen LogP contribution in [-0.4, -0.2) is 9.55 Å². The predicted molar refractivity (Wildman–Crippen MR) is 94.0 cm³/mol. The molecule has 1 heterocycles. The minimum atomic E-state index is 0.821. The van der Waals surface area contributed by atoms with Gasteiger partial charge in [-0.15, -0.1) is 0 Å². The molecule has 0 saturated carbocycles. The average Bonchev–Trinajstić information content (AvgIpc) is 2.88. The molecule has 3 nitrogen and oxygen atoms in total. The summed E-state index contributed by atoms with van der Waals surface area (Å²) in [5, 5.41) is 0. The van der Waals surface area contributed by atoms with Crippen LogP contribution in [0.3, 0.4) is 0 Å². The van der Waals surface area contributed by atoms with Crippen molar-refractivity contribution in [3.63, 3.8) is 0 Å². The van der Waals surface area contributed by atoms with Crippen molar-refractivity contribution in [3.8, 4) is 11.4 Å². The molecule has 1 aromatic heterocycles. The lowest BCUT2D eigenvalue weighted by atomic mass is 10.1. The quantitative estimate of drug-likeness (QED) is 0.716. The van der Waals surface area contributed by atoms with Crippen LogP contribution in [0.4, 0.5) is 5.69 Å². The van der Waals surface area contributed by atoms with E-state index in [1.165, 1.54) is 11.1 Å². The Morgan fingerprint density at radius 1 is 1.09 bits per heavy atom. The Hall–Kier alpha value is -2.29. The molecule has 2 N–H and O–H groups in total. The zero-order valence-corrected chi connectivity index (χ0v) is 13.6. The van der Waals surface area contributed by atoms with E-state index < -0.39 is 0 Å². The molecule has 0 fully saturated rings. The van der Waals surface area contributed by atoms with Gasteiger partial charge in [0.1, 0.15) is 5.82 Å². The van der Waals surface area contributed by atoms with E-state index in [1.54, 1.807) is 0 Å². The van der Waals surface area contributed by atoms with Crippen molar-refractivity contribution in [1.82, 2.24) is 9.55 Å². The van der Waals surface area contributed by atoms with Crippen LogP contribution < -0.4 is 5.73 Å². The van der Waals surface area contributed by atoms with Crippen molar-refractivity contribution in [2.75, 3.05) is 5.73 Å². The van der Waals surface area contributed by atoms with Crippen molar-refractivity contribution in [1.29, 1.82) is 0 Å². The van der Waals surface area contributed by atoms with E-state index in [0.717, 1.165) is 47.5 Å². The number of nitrogen functional groups attached to an aromatic ring is 1. The number of benzene rings is 2. The van der Waals surface area contributed by atoms with E-state index in [4.69, 9.17) is 10.7 Å². The van der Waals surface area contributed by atoms with Crippen molar-refractivity contribution >= 4 is 16.7 Å². The number of aryl methyl sites for hydroxylation is 3. The number of hydrogen-bond acceptors (Lipinski definition) is 2. The maximum atomic E-state index is 6.08. The van der Waals surface area contributed by atoms with Gasteiger partial charge in [0.15, 0.2) is 0 Å². The Labute approximate surface area is 131 Å². The summed E-state index contributed by atoms with van der Waals surface area (Å²) in [5.74, 6) is 1.01. The van der Waals surface area contributed by atoms with E-state index in [9.17, 15) is 0 Å². The first-order chi connectivity index (χ1) is 10.6. The highest BCUT2D eigenvalue weighted by molar-refractivity contribution is 5.82.